The van der Waals surface area contributed by atoms with Gasteiger partial charge in [0.25, 0.3) is 0 Å². The third-order valence-corrected chi connectivity index (χ3v) is 4.76. The van der Waals surface area contributed by atoms with E-state index in [0.717, 1.165) is 10.4 Å². The Morgan fingerprint density at radius 2 is 1.75 bits per heavy atom. The van der Waals surface area contributed by atoms with E-state index in [1.54, 1.807) is 11.3 Å². The molecule has 2 rings (SSSR count). The molecule has 5 heteroatoms. The zero-order chi connectivity index (χ0) is 17.5. The van der Waals surface area contributed by atoms with Crippen molar-refractivity contribution < 1.29 is 9.59 Å². The normalized spacial score (nSPS) is 13.3. The minimum absolute atomic E-state index is 0.00810. The van der Waals surface area contributed by atoms with Crippen molar-refractivity contribution >= 4 is 23.2 Å². The van der Waals surface area contributed by atoms with Crippen LogP contribution in [0.3, 0.4) is 0 Å². The molecule has 0 aliphatic carbocycles. The van der Waals surface area contributed by atoms with Crippen LogP contribution in [0, 0.1) is 5.92 Å². The molecule has 0 aliphatic rings. The molecule has 0 saturated heterocycles. The molecule has 2 N–H and O–H groups in total. The monoisotopic (exact) mass is 344 g/mol. The molecule has 1 aromatic heterocycles. The Morgan fingerprint density at radius 1 is 1.04 bits per heavy atom. The van der Waals surface area contributed by atoms with E-state index in [9.17, 15) is 9.59 Å². The van der Waals surface area contributed by atoms with Gasteiger partial charge in [0, 0.05) is 11.8 Å². The van der Waals surface area contributed by atoms with Gasteiger partial charge in [-0.3, -0.25) is 9.59 Å². The average Bonchev–Trinajstić information content (AvgIpc) is 3.06. The van der Waals surface area contributed by atoms with E-state index in [4.69, 9.17) is 0 Å². The van der Waals surface area contributed by atoms with Gasteiger partial charge in [-0.15, -0.1) is 11.3 Å². The fourth-order valence-corrected chi connectivity index (χ4v) is 3.58. The van der Waals surface area contributed by atoms with Crippen molar-refractivity contribution in [1.82, 2.24) is 10.6 Å². The van der Waals surface area contributed by atoms with Crippen molar-refractivity contribution in [2.75, 3.05) is 0 Å². The van der Waals surface area contributed by atoms with E-state index in [0.29, 0.717) is 5.92 Å². The molecular formula is C19H24N2O2S. The van der Waals surface area contributed by atoms with Gasteiger partial charge in [-0.25, -0.2) is 0 Å². The van der Waals surface area contributed by atoms with Gasteiger partial charge in [-0.05, 0) is 22.9 Å². The van der Waals surface area contributed by atoms with Crippen LogP contribution in [0.1, 0.15) is 49.7 Å². The van der Waals surface area contributed by atoms with Gasteiger partial charge < -0.3 is 10.6 Å². The van der Waals surface area contributed by atoms with Crippen LogP contribution in [0.15, 0.2) is 47.8 Å². The molecule has 24 heavy (non-hydrogen) atoms. The number of hydrogen-bond acceptors (Lipinski definition) is 3. The molecule has 2 aromatic rings. The molecule has 0 bridgehead atoms. The summed E-state index contributed by atoms with van der Waals surface area (Å²) in [5.74, 6) is 0.0866. The largest absolute Gasteiger partial charge is 0.349 e. The predicted octanol–water partition coefficient (Wildman–Crippen LogP) is 3.83. The van der Waals surface area contributed by atoms with Crippen LogP contribution in [0.4, 0.5) is 0 Å². The minimum Gasteiger partial charge on any atom is -0.349 e. The number of nitrogens with one attached hydrogen (secondary N) is 2. The standard InChI is InChI=1S/C19H24N2O2S/c1-13(2)19(17-10-7-11-24-17)21-18(23)12-16(20-14(3)22)15-8-5-4-6-9-15/h4-11,13,16,19H,12H2,1-3H3,(H,20,22)(H,21,23)/t16-,19+/m0/s1. The zero-order valence-corrected chi connectivity index (χ0v) is 15.1. The Hall–Kier alpha value is -2.14. The zero-order valence-electron chi connectivity index (χ0n) is 14.3. The van der Waals surface area contributed by atoms with Gasteiger partial charge in [-0.1, -0.05) is 50.2 Å². The highest BCUT2D eigenvalue weighted by Gasteiger charge is 2.22. The van der Waals surface area contributed by atoms with E-state index >= 15 is 0 Å². The Morgan fingerprint density at radius 3 is 2.29 bits per heavy atom. The molecule has 0 aliphatic heterocycles. The maximum atomic E-state index is 12.6. The second kappa shape index (κ2) is 8.64. The fraction of sp³-hybridized carbons (Fsp3) is 0.368. The molecule has 2 amide bonds. The number of benzene rings is 1. The maximum Gasteiger partial charge on any atom is 0.222 e. The van der Waals surface area contributed by atoms with E-state index in [-0.39, 0.29) is 30.3 Å². The lowest BCUT2D eigenvalue weighted by Gasteiger charge is -2.23. The number of carbonyl (C=O) groups is 2. The highest BCUT2D eigenvalue weighted by atomic mass is 32.1. The molecule has 0 unspecified atom stereocenters. The van der Waals surface area contributed by atoms with Gasteiger partial charge in [0.2, 0.25) is 11.8 Å². The Kier molecular flexibility index (Phi) is 6.55. The van der Waals surface area contributed by atoms with Crippen LogP contribution in [-0.2, 0) is 9.59 Å². The second-order valence-electron chi connectivity index (χ2n) is 6.17. The van der Waals surface area contributed by atoms with Crippen molar-refractivity contribution in [3.8, 4) is 0 Å². The van der Waals surface area contributed by atoms with Gasteiger partial charge in [0.15, 0.2) is 0 Å². The summed E-state index contributed by atoms with van der Waals surface area (Å²) < 4.78 is 0. The fourth-order valence-electron chi connectivity index (χ4n) is 2.64. The highest BCUT2D eigenvalue weighted by Crippen LogP contribution is 2.26. The van der Waals surface area contributed by atoms with Gasteiger partial charge >= 0.3 is 0 Å². The third kappa shape index (κ3) is 5.20. The third-order valence-electron chi connectivity index (χ3n) is 3.80. The summed E-state index contributed by atoms with van der Waals surface area (Å²) in [6.45, 7) is 5.65. The minimum atomic E-state index is -0.320. The van der Waals surface area contributed by atoms with Crippen molar-refractivity contribution in [1.29, 1.82) is 0 Å². The van der Waals surface area contributed by atoms with Crippen LogP contribution in [0.2, 0.25) is 0 Å². The summed E-state index contributed by atoms with van der Waals surface area (Å²) in [5, 5.41) is 7.99. The molecule has 1 aromatic carbocycles. The molecule has 0 fully saturated rings. The first-order valence-electron chi connectivity index (χ1n) is 8.12. The van der Waals surface area contributed by atoms with Crippen molar-refractivity contribution in [3.05, 3.63) is 58.3 Å². The molecule has 128 valence electrons. The Balaban J connectivity index is 2.08. The SMILES string of the molecule is CC(=O)N[C@@H](CC(=O)N[C@@H](c1cccs1)C(C)C)c1ccccc1. The molecular weight excluding hydrogens is 320 g/mol. The van der Waals surface area contributed by atoms with Gasteiger partial charge in [-0.2, -0.15) is 0 Å². The van der Waals surface area contributed by atoms with Crippen molar-refractivity contribution in [3.63, 3.8) is 0 Å². The smallest absolute Gasteiger partial charge is 0.222 e. The van der Waals surface area contributed by atoms with E-state index in [2.05, 4.69) is 24.5 Å². The lowest BCUT2D eigenvalue weighted by Crippen LogP contribution is -2.35. The molecule has 2 atom stereocenters. The van der Waals surface area contributed by atoms with Gasteiger partial charge in [0.1, 0.15) is 0 Å². The summed E-state index contributed by atoms with van der Waals surface area (Å²) in [5.41, 5.74) is 0.931. The van der Waals surface area contributed by atoms with E-state index in [1.165, 1.54) is 6.92 Å². The Bertz CT molecular complexity index is 653. The molecule has 0 saturated carbocycles. The first-order chi connectivity index (χ1) is 11.5. The van der Waals surface area contributed by atoms with Gasteiger partial charge in [0.05, 0.1) is 18.5 Å². The molecule has 0 radical (unpaired) electrons. The Labute approximate surface area is 147 Å². The average molecular weight is 344 g/mol. The topological polar surface area (TPSA) is 58.2 Å². The van der Waals surface area contributed by atoms with Crippen LogP contribution < -0.4 is 10.6 Å². The number of hydrogen-bond donors (Lipinski definition) is 2. The number of carbonyl (C=O) groups excluding carboxylic acids is 2. The van der Waals surface area contributed by atoms with Crippen molar-refractivity contribution in [2.45, 2.75) is 39.3 Å². The number of amides is 2. The maximum absolute atomic E-state index is 12.6. The summed E-state index contributed by atoms with van der Waals surface area (Å²) >= 11 is 1.64. The predicted molar refractivity (Wildman–Crippen MR) is 97.7 cm³/mol. The van der Waals surface area contributed by atoms with Crippen LogP contribution in [0.25, 0.3) is 0 Å². The molecule has 0 spiro atoms. The van der Waals surface area contributed by atoms with Crippen molar-refractivity contribution in [2.24, 2.45) is 5.92 Å². The first kappa shape index (κ1) is 18.2. The van der Waals surface area contributed by atoms with E-state index < -0.39 is 0 Å². The summed E-state index contributed by atoms with van der Waals surface area (Å²) in [7, 11) is 0. The van der Waals surface area contributed by atoms with E-state index in [1.807, 2.05) is 47.8 Å². The number of thiophene rings is 1. The highest BCUT2D eigenvalue weighted by molar-refractivity contribution is 7.10. The summed E-state index contributed by atoms with van der Waals surface area (Å²) in [6.07, 6.45) is 0.220. The number of rotatable bonds is 7. The lowest BCUT2D eigenvalue weighted by molar-refractivity contribution is -0.123. The lowest BCUT2D eigenvalue weighted by atomic mass is 10.0. The van der Waals surface area contributed by atoms with Crippen LogP contribution >= 0.6 is 11.3 Å². The quantitative estimate of drug-likeness (QED) is 0.802. The molecule has 4 nitrogen and oxygen atoms in total. The molecule has 1 heterocycles. The summed E-state index contributed by atoms with van der Waals surface area (Å²) in [4.78, 5) is 25.2. The summed E-state index contributed by atoms with van der Waals surface area (Å²) in [6, 6.07) is 13.3. The first-order valence-corrected chi connectivity index (χ1v) is 9.00. The second-order valence-corrected chi connectivity index (χ2v) is 7.15. The van der Waals surface area contributed by atoms with Crippen LogP contribution in [0.5, 0.6) is 0 Å². The van der Waals surface area contributed by atoms with Crippen LogP contribution in [-0.4, -0.2) is 11.8 Å².